The summed E-state index contributed by atoms with van der Waals surface area (Å²) in [6, 6.07) is 18.6. The van der Waals surface area contributed by atoms with Crippen molar-refractivity contribution < 1.29 is 9.53 Å². The quantitative estimate of drug-likeness (QED) is 0.406. The van der Waals surface area contributed by atoms with Crippen LogP contribution in [0.5, 0.6) is 11.5 Å². The Morgan fingerprint density at radius 1 is 0.968 bits per heavy atom. The van der Waals surface area contributed by atoms with Crippen LogP contribution >= 0.6 is 15.9 Å². The number of benzene rings is 2. The maximum Gasteiger partial charge on any atom is 0.278 e. The van der Waals surface area contributed by atoms with Crippen LogP contribution in [0.1, 0.15) is 34.9 Å². The number of halogens is 1. The normalized spacial score (nSPS) is 13.1. The van der Waals surface area contributed by atoms with Gasteiger partial charge in [-0.1, -0.05) is 21.1 Å². The van der Waals surface area contributed by atoms with Gasteiger partial charge in [0.25, 0.3) is 5.91 Å². The molecule has 1 aliphatic carbocycles. The van der Waals surface area contributed by atoms with Crippen molar-refractivity contribution >= 4 is 27.5 Å². The molecule has 0 bridgehead atoms. The zero-order valence-corrected chi connectivity index (χ0v) is 18.0. The van der Waals surface area contributed by atoms with Crippen molar-refractivity contribution in [2.45, 2.75) is 18.8 Å². The van der Waals surface area contributed by atoms with Gasteiger partial charge in [-0.15, -0.1) is 5.10 Å². The lowest BCUT2D eigenvalue weighted by Gasteiger charge is -2.09. The molecule has 0 unspecified atom stereocenters. The number of anilines is 1. The molecule has 1 N–H and O–H groups in total. The van der Waals surface area contributed by atoms with E-state index in [1.165, 1.54) is 0 Å². The lowest BCUT2D eigenvalue weighted by molar-refractivity contribution is 0.102. The fraction of sp³-hybridized carbons (Fsp3) is 0.130. The van der Waals surface area contributed by atoms with Crippen molar-refractivity contribution in [1.82, 2.24) is 20.0 Å². The number of aromatic nitrogens is 4. The van der Waals surface area contributed by atoms with Crippen LogP contribution in [0, 0.1) is 0 Å². The predicted molar refractivity (Wildman–Crippen MR) is 120 cm³/mol. The fourth-order valence-electron chi connectivity index (χ4n) is 3.29. The molecule has 4 aromatic rings. The van der Waals surface area contributed by atoms with Crippen LogP contribution in [0.15, 0.2) is 77.5 Å². The molecule has 0 atom stereocenters. The van der Waals surface area contributed by atoms with Gasteiger partial charge < -0.3 is 10.1 Å². The van der Waals surface area contributed by atoms with E-state index in [4.69, 9.17) is 4.74 Å². The molecule has 1 fully saturated rings. The molecular formula is C23H18BrN5O2. The molecule has 2 heterocycles. The minimum atomic E-state index is -0.270. The first-order valence-electron chi connectivity index (χ1n) is 9.88. The summed E-state index contributed by atoms with van der Waals surface area (Å²) >= 11 is 3.45. The van der Waals surface area contributed by atoms with Gasteiger partial charge in [-0.05, 0) is 73.5 Å². The third-order valence-electron chi connectivity index (χ3n) is 4.95. The van der Waals surface area contributed by atoms with E-state index in [0.717, 1.165) is 28.7 Å². The number of nitrogens with one attached hydrogen (secondary N) is 1. The molecule has 2 aromatic carbocycles. The van der Waals surface area contributed by atoms with Gasteiger partial charge in [-0.25, -0.2) is 4.68 Å². The van der Waals surface area contributed by atoms with Crippen molar-refractivity contribution in [3.63, 3.8) is 0 Å². The van der Waals surface area contributed by atoms with E-state index < -0.39 is 0 Å². The van der Waals surface area contributed by atoms with Gasteiger partial charge in [-0.2, -0.15) is 0 Å². The molecule has 2 aromatic heterocycles. The summed E-state index contributed by atoms with van der Waals surface area (Å²) in [7, 11) is 0. The second-order valence-electron chi connectivity index (χ2n) is 7.25. The maximum absolute atomic E-state index is 13.0. The van der Waals surface area contributed by atoms with E-state index in [9.17, 15) is 4.79 Å². The topological polar surface area (TPSA) is 81.9 Å². The van der Waals surface area contributed by atoms with Gasteiger partial charge in [0.15, 0.2) is 5.69 Å². The summed E-state index contributed by atoms with van der Waals surface area (Å²) in [4.78, 5) is 16.9. The number of rotatable bonds is 6. The highest BCUT2D eigenvalue weighted by atomic mass is 79.9. The molecule has 0 aliphatic heterocycles. The SMILES string of the molecule is O=C(Nc1ccc(Oc2ccncc2)cc1)c1nnn(-c2ccc(Br)cc2)c1C1CC1. The Hall–Kier alpha value is -3.52. The van der Waals surface area contributed by atoms with E-state index in [1.54, 1.807) is 53.5 Å². The number of amides is 1. The Balaban J connectivity index is 1.34. The van der Waals surface area contributed by atoms with Gasteiger partial charge in [-0.3, -0.25) is 9.78 Å². The summed E-state index contributed by atoms with van der Waals surface area (Å²) in [6.07, 6.45) is 5.40. The molecule has 31 heavy (non-hydrogen) atoms. The predicted octanol–water partition coefficient (Wildman–Crippen LogP) is 5.35. The molecule has 1 aliphatic rings. The van der Waals surface area contributed by atoms with Crippen LogP contribution in [0.2, 0.25) is 0 Å². The first-order chi connectivity index (χ1) is 15.2. The van der Waals surface area contributed by atoms with E-state index in [1.807, 2.05) is 24.3 Å². The standard InChI is InChI=1S/C23H18BrN5O2/c24-16-3-7-18(8-4-16)29-22(15-1-2-15)21(27-28-29)23(30)26-17-5-9-19(10-6-17)31-20-11-13-25-14-12-20/h3-15H,1-2H2,(H,26,30). The van der Waals surface area contributed by atoms with Gasteiger partial charge in [0, 0.05) is 28.5 Å². The maximum atomic E-state index is 13.0. The van der Waals surface area contributed by atoms with Crippen molar-refractivity contribution in [3.05, 3.63) is 88.9 Å². The van der Waals surface area contributed by atoms with Gasteiger partial charge >= 0.3 is 0 Å². The first-order valence-corrected chi connectivity index (χ1v) is 10.7. The highest BCUT2D eigenvalue weighted by Crippen LogP contribution is 2.42. The minimum absolute atomic E-state index is 0.270. The molecule has 0 radical (unpaired) electrons. The Morgan fingerprint density at radius 2 is 1.65 bits per heavy atom. The van der Waals surface area contributed by atoms with Crippen molar-refractivity contribution in [1.29, 1.82) is 0 Å². The monoisotopic (exact) mass is 475 g/mol. The van der Waals surface area contributed by atoms with Crippen molar-refractivity contribution in [2.75, 3.05) is 5.32 Å². The molecule has 8 heteroatoms. The average molecular weight is 476 g/mol. The average Bonchev–Trinajstić information content (AvgIpc) is 3.54. The second-order valence-corrected chi connectivity index (χ2v) is 8.16. The van der Waals surface area contributed by atoms with E-state index in [2.05, 4.69) is 36.5 Å². The smallest absolute Gasteiger partial charge is 0.278 e. The van der Waals surface area contributed by atoms with Crippen molar-refractivity contribution in [3.8, 4) is 17.2 Å². The second kappa shape index (κ2) is 8.31. The number of hydrogen-bond acceptors (Lipinski definition) is 5. The molecule has 0 saturated heterocycles. The lowest BCUT2D eigenvalue weighted by atomic mass is 10.2. The summed E-state index contributed by atoms with van der Waals surface area (Å²) in [6.45, 7) is 0. The van der Waals surface area contributed by atoms with E-state index in [-0.39, 0.29) is 5.91 Å². The highest BCUT2D eigenvalue weighted by molar-refractivity contribution is 9.10. The Kier molecular flexibility index (Phi) is 5.21. The van der Waals surface area contributed by atoms with Crippen LogP contribution in [0.4, 0.5) is 5.69 Å². The summed E-state index contributed by atoms with van der Waals surface area (Å²) in [5, 5.41) is 11.4. The molecule has 154 valence electrons. The number of carbonyl (C=O) groups excluding carboxylic acids is 1. The van der Waals surface area contributed by atoms with Crippen LogP contribution in [-0.2, 0) is 0 Å². The minimum Gasteiger partial charge on any atom is -0.457 e. The third kappa shape index (κ3) is 4.34. The van der Waals surface area contributed by atoms with Crippen LogP contribution in [-0.4, -0.2) is 25.9 Å². The molecule has 1 saturated carbocycles. The summed E-state index contributed by atoms with van der Waals surface area (Å²) < 4.78 is 8.51. The Morgan fingerprint density at radius 3 is 2.32 bits per heavy atom. The fourth-order valence-corrected chi connectivity index (χ4v) is 3.55. The van der Waals surface area contributed by atoms with Crippen LogP contribution in [0.25, 0.3) is 5.69 Å². The van der Waals surface area contributed by atoms with Crippen LogP contribution in [0.3, 0.4) is 0 Å². The Labute approximate surface area is 187 Å². The van der Waals surface area contributed by atoms with Gasteiger partial charge in [0.1, 0.15) is 11.5 Å². The number of ether oxygens (including phenoxy) is 1. The third-order valence-corrected chi connectivity index (χ3v) is 5.48. The van der Waals surface area contributed by atoms with E-state index >= 15 is 0 Å². The lowest BCUT2D eigenvalue weighted by Crippen LogP contribution is -2.15. The zero-order valence-electron chi connectivity index (χ0n) is 16.4. The van der Waals surface area contributed by atoms with E-state index in [0.29, 0.717) is 28.8 Å². The molecular weight excluding hydrogens is 458 g/mol. The largest absolute Gasteiger partial charge is 0.457 e. The molecule has 1 amide bonds. The van der Waals surface area contributed by atoms with Gasteiger partial charge in [0.2, 0.25) is 0 Å². The molecule has 5 rings (SSSR count). The number of hydrogen-bond donors (Lipinski definition) is 1. The van der Waals surface area contributed by atoms with Gasteiger partial charge in [0.05, 0.1) is 11.4 Å². The van der Waals surface area contributed by atoms with Crippen LogP contribution < -0.4 is 10.1 Å². The summed E-state index contributed by atoms with van der Waals surface area (Å²) in [5.74, 6) is 1.40. The zero-order chi connectivity index (χ0) is 21.2. The number of pyridine rings is 1. The first kappa shape index (κ1) is 19.4. The molecule has 7 nitrogen and oxygen atoms in total. The number of nitrogens with zero attached hydrogens (tertiary/aromatic N) is 4. The van der Waals surface area contributed by atoms with Crippen molar-refractivity contribution in [2.24, 2.45) is 0 Å². The Bertz CT molecular complexity index is 1200. The molecule has 0 spiro atoms. The number of carbonyl (C=O) groups is 1. The summed E-state index contributed by atoms with van der Waals surface area (Å²) in [5.41, 5.74) is 2.77. The highest BCUT2D eigenvalue weighted by Gasteiger charge is 2.34.